The van der Waals surface area contributed by atoms with Gasteiger partial charge in [-0.2, -0.15) is 0 Å². The number of para-hydroxylation sites is 1. The molecule has 0 radical (unpaired) electrons. The van der Waals surface area contributed by atoms with Crippen molar-refractivity contribution >= 4 is 5.91 Å². The van der Waals surface area contributed by atoms with E-state index in [-0.39, 0.29) is 12.5 Å². The summed E-state index contributed by atoms with van der Waals surface area (Å²) in [5.74, 6) is 0.705. The minimum absolute atomic E-state index is 0.0295. The van der Waals surface area contributed by atoms with Gasteiger partial charge in [-0.25, -0.2) is 4.98 Å². The number of ether oxygens (including phenoxy) is 1. The Morgan fingerprint density at radius 3 is 2.58 bits per heavy atom. The van der Waals surface area contributed by atoms with Crippen molar-refractivity contribution in [3.05, 3.63) is 47.5 Å². The largest absolute Gasteiger partial charge is 0.484 e. The van der Waals surface area contributed by atoms with Crippen LogP contribution in [0.25, 0.3) is 0 Å². The SMILES string of the molecule is Cc1ccccc1OCC(=O)N(CCN(C)C)Cc1nc[nH]c1C. The molecule has 2 rings (SSSR count). The molecule has 6 heteroatoms. The number of imidazole rings is 1. The second kappa shape index (κ2) is 8.49. The van der Waals surface area contributed by atoms with Crippen molar-refractivity contribution in [2.24, 2.45) is 0 Å². The Morgan fingerprint density at radius 2 is 1.96 bits per heavy atom. The summed E-state index contributed by atoms with van der Waals surface area (Å²) in [5.41, 5.74) is 2.89. The third kappa shape index (κ3) is 5.09. The summed E-state index contributed by atoms with van der Waals surface area (Å²) in [6.07, 6.45) is 1.66. The van der Waals surface area contributed by atoms with Crippen molar-refractivity contribution in [1.82, 2.24) is 19.8 Å². The Kier molecular flexibility index (Phi) is 6.37. The van der Waals surface area contributed by atoms with Crippen LogP contribution < -0.4 is 4.74 Å². The normalized spacial score (nSPS) is 10.9. The molecule has 0 aliphatic heterocycles. The number of rotatable bonds is 8. The predicted molar refractivity (Wildman–Crippen MR) is 94.0 cm³/mol. The molecule has 1 aromatic heterocycles. The van der Waals surface area contributed by atoms with E-state index in [1.54, 1.807) is 11.2 Å². The molecule has 0 spiro atoms. The molecule has 0 saturated heterocycles. The smallest absolute Gasteiger partial charge is 0.260 e. The molecule has 0 aliphatic rings. The van der Waals surface area contributed by atoms with Gasteiger partial charge in [0.15, 0.2) is 6.61 Å². The second-order valence-corrected chi connectivity index (χ2v) is 6.15. The number of nitrogens with one attached hydrogen (secondary N) is 1. The molecule has 2 aromatic rings. The van der Waals surface area contributed by atoms with Crippen LogP contribution in [-0.4, -0.2) is 59.5 Å². The van der Waals surface area contributed by atoms with Gasteiger partial charge in [-0.15, -0.1) is 0 Å². The van der Waals surface area contributed by atoms with Crippen LogP contribution in [0.15, 0.2) is 30.6 Å². The van der Waals surface area contributed by atoms with Crippen LogP contribution in [0.3, 0.4) is 0 Å². The van der Waals surface area contributed by atoms with Crippen molar-refractivity contribution < 1.29 is 9.53 Å². The van der Waals surface area contributed by atoms with Gasteiger partial charge >= 0.3 is 0 Å². The summed E-state index contributed by atoms with van der Waals surface area (Å²) in [6.45, 7) is 5.87. The van der Waals surface area contributed by atoms with E-state index in [4.69, 9.17) is 4.74 Å². The monoisotopic (exact) mass is 330 g/mol. The van der Waals surface area contributed by atoms with E-state index in [0.29, 0.717) is 13.1 Å². The Hall–Kier alpha value is -2.34. The number of aromatic nitrogens is 2. The Morgan fingerprint density at radius 1 is 1.21 bits per heavy atom. The zero-order valence-corrected chi connectivity index (χ0v) is 14.9. The first kappa shape index (κ1) is 18.0. The van der Waals surface area contributed by atoms with Crippen molar-refractivity contribution in [2.45, 2.75) is 20.4 Å². The van der Waals surface area contributed by atoms with Crippen molar-refractivity contribution in [3.8, 4) is 5.75 Å². The Balaban J connectivity index is 2.00. The lowest BCUT2D eigenvalue weighted by Crippen LogP contribution is -2.39. The van der Waals surface area contributed by atoms with Crippen LogP contribution in [0.5, 0.6) is 5.75 Å². The highest BCUT2D eigenvalue weighted by Gasteiger charge is 2.17. The van der Waals surface area contributed by atoms with Gasteiger partial charge in [0.2, 0.25) is 0 Å². The molecule has 130 valence electrons. The molecule has 0 atom stereocenters. The number of hydrogen-bond donors (Lipinski definition) is 1. The van der Waals surface area contributed by atoms with E-state index >= 15 is 0 Å². The highest BCUT2D eigenvalue weighted by Crippen LogP contribution is 2.16. The van der Waals surface area contributed by atoms with Gasteiger partial charge in [-0.05, 0) is 39.6 Å². The van der Waals surface area contributed by atoms with Crippen molar-refractivity contribution in [1.29, 1.82) is 0 Å². The molecule has 6 nitrogen and oxygen atoms in total. The fourth-order valence-corrected chi connectivity index (χ4v) is 2.29. The number of carbonyl (C=O) groups is 1. The first-order valence-electron chi connectivity index (χ1n) is 8.07. The Labute approximate surface area is 143 Å². The molecule has 0 unspecified atom stereocenters. The van der Waals surface area contributed by atoms with E-state index in [1.807, 2.05) is 52.2 Å². The lowest BCUT2D eigenvalue weighted by molar-refractivity contribution is -0.134. The topological polar surface area (TPSA) is 61.5 Å². The number of hydrogen-bond acceptors (Lipinski definition) is 4. The first-order valence-corrected chi connectivity index (χ1v) is 8.07. The van der Waals surface area contributed by atoms with E-state index in [1.165, 1.54) is 0 Å². The molecule has 0 aliphatic carbocycles. The fourth-order valence-electron chi connectivity index (χ4n) is 2.29. The second-order valence-electron chi connectivity index (χ2n) is 6.15. The number of amides is 1. The lowest BCUT2D eigenvalue weighted by atomic mass is 10.2. The molecule has 0 saturated carbocycles. The van der Waals surface area contributed by atoms with Gasteiger partial charge in [-0.1, -0.05) is 18.2 Å². The maximum Gasteiger partial charge on any atom is 0.260 e. The molecule has 0 bridgehead atoms. The molecule has 1 amide bonds. The number of aromatic amines is 1. The minimum atomic E-state index is -0.0393. The summed E-state index contributed by atoms with van der Waals surface area (Å²) in [6, 6.07) is 7.71. The summed E-state index contributed by atoms with van der Waals surface area (Å²) >= 11 is 0. The molecular weight excluding hydrogens is 304 g/mol. The number of benzene rings is 1. The molecule has 1 N–H and O–H groups in total. The summed E-state index contributed by atoms with van der Waals surface area (Å²) in [5, 5.41) is 0. The van der Waals surface area contributed by atoms with Crippen LogP contribution >= 0.6 is 0 Å². The van der Waals surface area contributed by atoms with Crippen LogP contribution in [0.2, 0.25) is 0 Å². The van der Waals surface area contributed by atoms with E-state index in [0.717, 1.165) is 29.2 Å². The predicted octanol–water partition coefficient (Wildman–Crippen LogP) is 2.00. The zero-order valence-electron chi connectivity index (χ0n) is 14.9. The molecule has 0 fully saturated rings. The average molecular weight is 330 g/mol. The molecule has 24 heavy (non-hydrogen) atoms. The van der Waals surface area contributed by atoms with Gasteiger partial charge in [0.1, 0.15) is 5.75 Å². The van der Waals surface area contributed by atoms with Gasteiger partial charge < -0.3 is 19.5 Å². The number of likely N-dealkylation sites (N-methyl/N-ethyl adjacent to an activating group) is 1. The van der Waals surface area contributed by atoms with E-state index in [2.05, 4.69) is 14.9 Å². The van der Waals surface area contributed by atoms with Crippen molar-refractivity contribution in [2.75, 3.05) is 33.8 Å². The molecule has 1 aromatic carbocycles. The maximum atomic E-state index is 12.6. The highest BCUT2D eigenvalue weighted by atomic mass is 16.5. The summed E-state index contributed by atoms with van der Waals surface area (Å²) < 4.78 is 5.70. The van der Waals surface area contributed by atoms with Gasteiger partial charge in [0, 0.05) is 18.8 Å². The standard InChI is InChI=1S/C18H26N4O2/c1-14-7-5-6-8-17(14)24-12-18(23)22(10-9-21(3)4)11-16-15(2)19-13-20-16/h5-8,13H,9-12H2,1-4H3,(H,19,20). The van der Waals surface area contributed by atoms with Gasteiger partial charge in [0.25, 0.3) is 5.91 Å². The zero-order chi connectivity index (χ0) is 17.5. The number of carbonyl (C=O) groups excluding carboxylic acids is 1. The Bertz CT molecular complexity index is 667. The lowest BCUT2D eigenvalue weighted by Gasteiger charge is -2.24. The van der Waals surface area contributed by atoms with Gasteiger partial charge in [0.05, 0.1) is 18.6 Å². The van der Waals surface area contributed by atoms with Crippen LogP contribution in [0.1, 0.15) is 17.0 Å². The third-order valence-electron chi connectivity index (χ3n) is 3.89. The maximum absolute atomic E-state index is 12.6. The van der Waals surface area contributed by atoms with Crippen LogP contribution in [0, 0.1) is 13.8 Å². The highest BCUT2D eigenvalue weighted by molar-refractivity contribution is 5.77. The van der Waals surface area contributed by atoms with Gasteiger partial charge in [-0.3, -0.25) is 4.79 Å². The number of H-pyrrole nitrogens is 1. The summed E-state index contributed by atoms with van der Waals surface area (Å²) in [4.78, 5) is 23.8. The van der Waals surface area contributed by atoms with Crippen LogP contribution in [0.4, 0.5) is 0 Å². The quantitative estimate of drug-likeness (QED) is 0.804. The minimum Gasteiger partial charge on any atom is -0.484 e. The average Bonchev–Trinajstić information content (AvgIpc) is 2.95. The molecular formula is C18H26N4O2. The molecule has 1 heterocycles. The van der Waals surface area contributed by atoms with Crippen LogP contribution in [-0.2, 0) is 11.3 Å². The first-order chi connectivity index (χ1) is 11.5. The number of nitrogens with zero attached hydrogens (tertiary/aromatic N) is 3. The fraction of sp³-hybridized carbons (Fsp3) is 0.444. The third-order valence-corrected chi connectivity index (χ3v) is 3.89. The van der Waals surface area contributed by atoms with E-state index in [9.17, 15) is 4.79 Å². The number of aryl methyl sites for hydroxylation is 2. The summed E-state index contributed by atoms with van der Waals surface area (Å²) in [7, 11) is 3.98. The van der Waals surface area contributed by atoms with Crippen molar-refractivity contribution in [3.63, 3.8) is 0 Å². The van der Waals surface area contributed by atoms with E-state index < -0.39 is 0 Å².